The lowest BCUT2D eigenvalue weighted by Crippen LogP contribution is -2.41. The van der Waals surface area contributed by atoms with Gasteiger partial charge in [0.15, 0.2) is 0 Å². The lowest BCUT2D eigenvalue weighted by molar-refractivity contribution is -0.120. The maximum Gasteiger partial charge on any atom is 0.241 e. The predicted molar refractivity (Wildman–Crippen MR) is 94.7 cm³/mol. The summed E-state index contributed by atoms with van der Waals surface area (Å²) < 4.78 is 0. The number of benzene rings is 1. The van der Waals surface area contributed by atoms with Crippen molar-refractivity contribution in [3.63, 3.8) is 0 Å². The number of hydrogen-bond donors (Lipinski definition) is 1. The van der Waals surface area contributed by atoms with E-state index >= 15 is 0 Å². The molecule has 5 heteroatoms. The monoisotopic (exact) mass is 336 g/mol. The Morgan fingerprint density at radius 1 is 1.41 bits per heavy atom. The van der Waals surface area contributed by atoms with Gasteiger partial charge in [0, 0.05) is 22.1 Å². The third kappa shape index (κ3) is 4.32. The van der Waals surface area contributed by atoms with E-state index in [4.69, 9.17) is 11.6 Å². The summed E-state index contributed by atoms with van der Waals surface area (Å²) in [7, 11) is 0. The van der Waals surface area contributed by atoms with Crippen molar-refractivity contribution >= 4 is 34.5 Å². The van der Waals surface area contributed by atoms with Crippen LogP contribution in [0.15, 0.2) is 35.7 Å². The molecule has 1 heterocycles. The highest BCUT2D eigenvalue weighted by atomic mass is 35.5. The second-order valence-corrected chi connectivity index (χ2v) is 6.74. The quantitative estimate of drug-likeness (QED) is 0.838. The Morgan fingerprint density at radius 3 is 2.82 bits per heavy atom. The largest absolute Gasteiger partial charge is 0.324 e. The smallest absolute Gasteiger partial charge is 0.241 e. The summed E-state index contributed by atoms with van der Waals surface area (Å²) in [6, 6.07) is 9.45. The molecule has 0 spiro atoms. The molecule has 1 amide bonds. The minimum Gasteiger partial charge on any atom is -0.324 e. The van der Waals surface area contributed by atoms with E-state index in [1.54, 1.807) is 17.4 Å². The molecule has 3 nitrogen and oxygen atoms in total. The van der Waals surface area contributed by atoms with Gasteiger partial charge in [-0.1, -0.05) is 30.7 Å². The van der Waals surface area contributed by atoms with Gasteiger partial charge in [-0.15, -0.1) is 11.3 Å². The van der Waals surface area contributed by atoms with Gasteiger partial charge in [0.05, 0.1) is 6.04 Å². The summed E-state index contributed by atoms with van der Waals surface area (Å²) in [6.45, 7) is 7.58. The highest BCUT2D eigenvalue weighted by Crippen LogP contribution is 2.21. The molecule has 0 saturated heterocycles. The molecule has 0 aliphatic heterocycles. The van der Waals surface area contributed by atoms with Gasteiger partial charge < -0.3 is 5.32 Å². The van der Waals surface area contributed by atoms with Gasteiger partial charge in [0.2, 0.25) is 5.91 Å². The van der Waals surface area contributed by atoms with Crippen LogP contribution in [0.25, 0.3) is 0 Å². The molecule has 1 N–H and O–H groups in total. The number of halogens is 1. The zero-order valence-corrected chi connectivity index (χ0v) is 14.7. The molecule has 1 unspecified atom stereocenters. The summed E-state index contributed by atoms with van der Waals surface area (Å²) in [5.74, 6) is -0.0104. The molecule has 0 fully saturated rings. The fourth-order valence-electron chi connectivity index (χ4n) is 2.26. The minimum atomic E-state index is -0.203. The van der Waals surface area contributed by atoms with Crippen LogP contribution >= 0.6 is 22.9 Å². The number of carbonyl (C=O) groups is 1. The van der Waals surface area contributed by atoms with Crippen LogP contribution in [-0.4, -0.2) is 23.4 Å². The van der Waals surface area contributed by atoms with Crippen LogP contribution in [0.1, 0.15) is 24.3 Å². The maximum absolute atomic E-state index is 12.5. The molecule has 0 radical (unpaired) electrons. The molecule has 0 bridgehead atoms. The topological polar surface area (TPSA) is 32.3 Å². The van der Waals surface area contributed by atoms with Crippen LogP contribution in [0.3, 0.4) is 0 Å². The number of rotatable bonds is 6. The number of aryl methyl sites for hydroxylation is 1. The zero-order valence-electron chi connectivity index (χ0n) is 13.1. The summed E-state index contributed by atoms with van der Waals surface area (Å²) in [4.78, 5) is 15.9. The van der Waals surface area contributed by atoms with Crippen molar-refractivity contribution < 1.29 is 4.79 Å². The van der Waals surface area contributed by atoms with E-state index in [9.17, 15) is 4.79 Å². The lowest BCUT2D eigenvalue weighted by atomic mass is 10.2. The average Bonchev–Trinajstić information content (AvgIpc) is 3.00. The molecule has 0 aliphatic carbocycles. The van der Waals surface area contributed by atoms with Crippen molar-refractivity contribution in [1.29, 1.82) is 0 Å². The summed E-state index contributed by atoms with van der Waals surface area (Å²) in [5.41, 5.74) is 1.78. The van der Waals surface area contributed by atoms with E-state index in [2.05, 4.69) is 28.6 Å². The Hall–Kier alpha value is -1.36. The molecule has 1 aromatic carbocycles. The molecule has 1 atom stereocenters. The first kappa shape index (κ1) is 17.0. The highest BCUT2D eigenvalue weighted by Gasteiger charge is 2.21. The number of nitrogens with one attached hydrogen (secondary N) is 1. The van der Waals surface area contributed by atoms with E-state index in [1.165, 1.54) is 4.88 Å². The van der Waals surface area contributed by atoms with Gasteiger partial charge in [0.1, 0.15) is 0 Å². The van der Waals surface area contributed by atoms with Crippen LogP contribution < -0.4 is 5.32 Å². The predicted octanol–water partition coefficient (Wildman–Crippen LogP) is 4.56. The van der Waals surface area contributed by atoms with Crippen molar-refractivity contribution in [2.75, 3.05) is 11.9 Å². The van der Waals surface area contributed by atoms with Gasteiger partial charge in [-0.3, -0.25) is 9.69 Å². The van der Waals surface area contributed by atoms with Gasteiger partial charge in [-0.05, 0) is 49.5 Å². The molecule has 2 rings (SSSR count). The van der Waals surface area contributed by atoms with E-state index < -0.39 is 0 Å². The summed E-state index contributed by atoms with van der Waals surface area (Å²) in [5, 5.41) is 5.67. The van der Waals surface area contributed by atoms with Crippen LogP contribution in [0.4, 0.5) is 5.69 Å². The first-order valence-electron chi connectivity index (χ1n) is 7.34. The number of carbonyl (C=O) groups excluding carboxylic acids is 1. The third-order valence-electron chi connectivity index (χ3n) is 3.73. The Bertz CT molecular complexity index is 628. The van der Waals surface area contributed by atoms with Gasteiger partial charge >= 0.3 is 0 Å². The van der Waals surface area contributed by atoms with E-state index in [1.807, 2.05) is 32.0 Å². The number of likely N-dealkylation sites (N-methyl/N-ethyl adjacent to an activating group) is 1. The summed E-state index contributed by atoms with van der Waals surface area (Å²) >= 11 is 7.72. The Kier molecular flexibility index (Phi) is 6.00. The fourth-order valence-corrected chi connectivity index (χ4v) is 3.16. The molecule has 0 saturated carbocycles. The van der Waals surface area contributed by atoms with Gasteiger partial charge in [-0.25, -0.2) is 0 Å². The zero-order chi connectivity index (χ0) is 16.1. The summed E-state index contributed by atoms with van der Waals surface area (Å²) in [6.07, 6.45) is 0. The fraction of sp³-hybridized carbons (Fsp3) is 0.353. The first-order chi connectivity index (χ1) is 10.5. The number of thiophene rings is 1. The average molecular weight is 337 g/mol. The van der Waals surface area contributed by atoms with Crippen molar-refractivity contribution in [1.82, 2.24) is 4.90 Å². The molecule has 22 heavy (non-hydrogen) atoms. The Balaban J connectivity index is 2.05. The second kappa shape index (κ2) is 7.77. The SMILES string of the molecule is CCN(Cc1cccs1)C(C)C(=O)Nc1cc(Cl)ccc1C. The molecule has 118 valence electrons. The lowest BCUT2D eigenvalue weighted by Gasteiger charge is -2.26. The number of nitrogens with zero attached hydrogens (tertiary/aromatic N) is 1. The molecular formula is C17H21ClN2OS. The normalized spacial score (nSPS) is 12.4. The van der Waals surface area contributed by atoms with Crippen LogP contribution in [0, 0.1) is 6.92 Å². The molecule has 2 aromatic rings. The van der Waals surface area contributed by atoms with E-state index in [-0.39, 0.29) is 11.9 Å². The first-order valence-corrected chi connectivity index (χ1v) is 8.60. The van der Waals surface area contributed by atoms with Crippen LogP contribution in [-0.2, 0) is 11.3 Å². The van der Waals surface area contributed by atoms with Crippen molar-refractivity contribution in [3.05, 3.63) is 51.2 Å². The van der Waals surface area contributed by atoms with Crippen LogP contribution in [0.2, 0.25) is 5.02 Å². The van der Waals surface area contributed by atoms with Crippen LogP contribution in [0.5, 0.6) is 0 Å². The van der Waals surface area contributed by atoms with Crippen molar-refractivity contribution in [2.24, 2.45) is 0 Å². The molecule has 0 aliphatic rings. The van der Waals surface area contributed by atoms with Gasteiger partial charge in [-0.2, -0.15) is 0 Å². The number of anilines is 1. The van der Waals surface area contributed by atoms with Crippen molar-refractivity contribution in [3.8, 4) is 0 Å². The molecule has 1 aromatic heterocycles. The Morgan fingerprint density at radius 2 is 2.18 bits per heavy atom. The number of amides is 1. The maximum atomic E-state index is 12.5. The second-order valence-electron chi connectivity index (χ2n) is 5.27. The van der Waals surface area contributed by atoms with Crippen molar-refractivity contribution in [2.45, 2.75) is 33.4 Å². The minimum absolute atomic E-state index is 0.0104. The van der Waals surface area contributed by atoms with E-state index in [0.717, 1.165) is 24.3 Å². The molecular weight excluding hydrogens is 316 g/mol. The Labute approximate surface area is 140 Å². The highest BCUT2D eigenvalue weighted by molar-refractivity contribution is 7.09. The number of hydrogen-bond acceptors (Lipinski definition) is 3. The standard InChI is InChI=1S/C17H21ClN2OS/c1-4-20(11-15-6-5-9-22-15)13(3)17(21)19-16-10-14(18)8-7-12(16)2/h5-10,13H,4,11H2,1-3H3,(H,19,21). The third-order valence-corrected chi connectivity index (χ3v) is 4.83. The van der Waals surface area contributed by atoms with E-state index in [0.29, 0.717) is 5.02 Å². The van der Waals surface area contributed by atoms with Gasteiger partial charge in [0.25, 0.3) is 0 Å².